The molecule has 3 aromatic carbocycles. The summed E-state index contributed by atoms with van der Waals surface area (Å²) in [6.07, 6.45) is -0.393. The first-order chi connectivity index (χ1) is 13.7. The average molecular weight is 393 g/mol. The number of hydrogen-bond acceptors (Lipinski definition) is 4. The number of fused-ring (bicyclic) bond motifs is 1. The van der Waals surface area contributed by atoms with Gasteiger partial charge in [0.15, 0.2) is 0 Å². The number of oxime groups is 1. The van der Waals surface area contributed by atoms with Gasteiger partial charge in [0.05, 0.1) is 5.71 Å². The highest BCUT2D eigenvalue weighted by Crippen LogP contribution is 2.35. The SMILES string of the molecule is O=C(Nc1cccc(Cl)c1)O/N=C1/C[C@H](c2ccccc2)Oc2ccccc21. The van der Waals surface area contributed by atoms with E-state index in [9.17, 15) is 4.79 Å². The van der Waals surface area contributed by atoms with Crippen molar-refractivity contribution in [3.63, 3.8) is 0 Å². The molecule has 1 amide bonds. The number of carbonyl (C=O) groups is 1. The van der Waals surface area contributed by atoms with E-state index in [0.717, 1.165) is 11.1 Å². The molecule has 1 N–H and O–H groups in total. The molecule has 140 valence electrons. The molecule has 6 heteroatoms. The molecule has 3 aromatic rings. The Morgan fingerprint density at radius 3 is 2.64 bits per heavy atom. The molecule has 0 aromatic heterocycles. The lowest BCUT2D eigenvalue weighted by Gasteiger charge is -2.27. The van der Waals surface area contributed by atoms with Gasteiger partial charge in [0.2, 0.25) is 0 Å². The van der Waals surface area contributed by atoms with Crippen molar-refractivity contribution in [3.8, 4) is 5.75 Å². The standard InChI is InChI=1S/C22H17ClN2O3/c23-16-9-6-10-17(13-16)24-22(26)28-25-19-14-21(15-7-2-1-3-8-15)27-20-12-5-4-11-18(19)20/h1-13,21H,14H2,(H,24,26)/b25-19-/t21-/m1/s1. The van der Waals surface area contributed by atoms with Gasteiger partial charge in [-0.1, -0.05) is 65.3 Å². The van der Waals surface area contributed by atoms with Crippen LogP contribution in [0.15, 0.2) is 84.0 Å². The highest BCUT2D eigenvalue weighted by atomic mass is 35.5. The van der Waals surface area contributed by atoms with Gasteiger partial charge in [-0.3, -0.25) is 10.2 Å². The number of rotatable bonds is 3. The molecule has 0 bridgehead atoms. The highest BCUT2D eigenvalue weighted by Gasteiger charge is 2.26. The van der Waals surface area contributed by atoms with Crippen LogP contribution in [0.3, 0.4) is 0 Å². The zero-order valence-electron chi connectivity index (χ0n) is 14.8. The van der Waals surface area contributed by atoms with Crippen LogP contribution in [0, 0.1) is 0 Å². The summed E-state index contributed by atoms with van der Waals surface area (Å²) in [5, 5.41) is 7.24. The second-order valence-corrected chi connectivity index (χ2v) is 6.71. The maximum absolute atomic E-state index is 12.1. The van der Waals surface area contributed by atoms with E-state index in [4.69, 9.17) is 21.2 Å². The summed E-state index contributed by atoms with van der Waals surface area (Å²) in [5.41, 5.74) is 3.03. The van der Waals surface area contributed by atoms with Crippen LogP contribution in [0.25, 0.3) is 0 Å². The van der Waals surface area contributed by atoms with Crippen molar-refractivity contribution >= 4 is 29.1 Å². The number of anilines is 1. The monoisotopic (exact) mass is 392 g/mol. The topological polar surface area (TPSA) is 59.9 Å². The maximum Gasteiger partial charge on any atom is 0.437 e. The highest BCUT2D eigenvalue weighted by molar-refractivity contribution is 6.30. The van der Waals surface area contributed by atoms with Crippen molar-refractivity contribution in [1.29, 1.82) is 0 Å². The van der Waals surface area contributed by atoms with Crippen LogP contribution in [-0.4, -0.2) is 11.8 Å². The summed E-state index contributed by atoms with van der Waals surface area (Å²) < 4.78 is 6.11. The van der Waals surface area contributed by atoms with Crippen LogP contribution >= 0.6 is 11.6 Å². The second-order valence-electron chi connectivity index (χ2n) is 6.27. The number of amides is 1. The lowest BCUT2D eigenvalue weighted by molar-refractivity contribution is 0.163. The molecule has 0 unspecified atom stereocenters. The van der Waals surface area contributed by atoms with Crippen LogP contribution in [0.4, 0.5) is 10.5 Å². The Hall–Kier alpha value is -3.31. The smallest absolute Gasteiger partial charge is 0.437 e. The normalized spacial score (nSPS) is 16.8. The Morgan fingerprint density at radius 2 is 1.82 bits per heavy atom. The average Bonchev–Trinajstić information content (AvgIpc) is 2.72. The van der Waals surface area contributed by atoms with E-state index in [1.165, 1.54) is 0 Å². The van der Waals surface area contributed by atoms with Gasteiger partial charge in [-0.15, -0.1) is 0 Å². The minimum atomic E-state index is -0.685. The van der Waals surface area contributed by atoms with Crippen LogP contribution in [0.2, 0.25) is 5.02 Å². The molecule has 5 nitrogen and oxygen atoms in total. The molecule has 0 spiro atoms. The van der Waals surface area contributed by atoms with Crippen LogP contribution in [0.1, 0.15) is 23.7 Å². The summed E-state index contributed by atoms with van der Waals surface area (Å²) in [6, 6.07) is 24.3. The Morgan fingerprint density at radius 1 is 1.04 bits per heavy atom. The number of ether oxygens (including phenoxy) is 1. The fourth-order valence-electron chi connectivity index (χ4n) is 3.03. The van der Waals surface area contributed by atoms with E-state index in [1.807, 2.05) is 54.6 Å². The predicted molar refractivity (Wildman–Crippen MR) is 109 cm³/mol. The molecule has 1 aliphatic rings. The van der Waals surface area contributed by atoms with E-state index in [0.29, 0.717) is 28.6 Å². The van der Waals surface area contributed by atoms with Crippen molar-refractivity contribution in [1.82, 2.24) is 0 Å². The molecule has 0 saturated carbocycles. The van der Waals surface area contributed by atoms with Gasteiger partial charge in [0.1, 0.15) is 11.9 Å². The molecule has 0 saturated heterocycles. The van der Waals surface area contributed by atoms with E-state index in [1.54, 1.807) is 24.3 Å². The van der Waals surface area contributed by atoms with Crippen molar-refractivity contribution in [2.45, 2.75) is 12.5 Å². The molecule has 0 aliphatic carbocycles. The summed E-state index contributed by atoms with van der Waals surface area (Å²) in [4.78, 5) is 17.2. The first-order valence-electron chi connectivity index (χ1n) is 8.80. The second kappa shape index (κ2) is 8.15. The Kier molecular flexibility index (Phi) is 5.26. The van der Waals surface area contributed by atoms with Crippen molar-refractivity contribution < 1.29 is 14.4 Å². The molecule has 1 aliphatic heterocycles. The van der Waals surface area contributed by atoms with Gasteiger partial charge < -0.3 is 4.74 Å². The fourth-order valence-corrected chi connectivity index (χ4v) is 3.22. The van der Waals surface area contributed by atoms with Crippen LogP contribution < -0.4 is 10.1 Å². The fraction of sp³-hybridized carbons (Fsp3) is 0.0909. The lowest BCUT2D eigenvalue weighted by Crippen LogP contribution is -2.22. The summed E-state index contributed by atoms with van der Waals surface area (Å²) in [6.45, 7) is 0. The number of hydrogen-bond donors (Lipinski definition) is 1. The Balaban J connectivity index is 1.54. The number of carbonyl (C=O) groups excluding carboxylic acids is 1. The molecular formula is C22H17ClN2O3. The molecule has 4 rings (SSSR count). The zero-order chi connectivity index (χ0) is 19.3. The third-order valence-corrected chi connectivity index (χ3v) is 4.56. The van der Waals surface area contributed by atoms with E-state index in [-0.39, 0.29) is 6.10 Å². The van der Waals surface area contributed by atoms with Gasteiger partial charge in [-0.25, -0.2) is 4.79 Å². The number of para-hydroxylation sites is 1. The van der Waals surface area contributed by atoms with Gasteiger partial charge in [-0.2, -0.15) is 0 Å². The maximum atomic E-state index is 12.1. The summed E-state index contributed by atoms with van der Waals surface area (Å²) >= 11 is 5.92. The number of halogens is 1. The van der Waals surface area contributed by atoms with Crippen molar-refractivity contribution in [3.05, 3.63) is 95.0 Å². The van der Waals surface area contributed by atoms with E-state index in [2.05, 4.69) is 10.5 Å². The zero-order valence-corrected chi connectivity index (χ0v) is 15.6. The Labute approximate surface area is 167 Å². The molecular weight excluding hydrogens is 376 g/mol. The minimum Gasteiger partial charge on any atom is -0.485 e. The summed E-state index contributed by atoms with van der Waals surface area (Å²) in [5.74, 6) is 0.709. The van der Waals surface area contributed by atoms with Crippen LogP contribution in [0.5, 0.6) is 5.75 Å². The Bertz CT molecular complexity index is 1020. The van der Waals surface area contributed by atoms with Crippen LogP contribution in [-0.2, 0) is 4.84 Å². The van der Waals surface area contributed by atoms with Gasteiger partial charge >= 0.3 is 6.09 Å². The van der Waals surface area contributed by atoms with Gasteiger partial charge in [-0.05, 0) is 35.9 Å². The first-order valence-corrected chi connectivity index (χ1v) is 9.18. The molecule has 0 radical (unpaired) electrons. The lowest BCUT2D eigenvalue weighted by atomic mass is 9.96. The van der Waals surface area contributed by atoms with Crippen molar-refractivity contribution in [2.24, 2.45) is 5.16 Å². The minimum absolute atomic E-state index is 0.200. The predicted octanol–water partition coefficient (Wildman–Crippen LogP) is 5.82. The van der Waals surface area contributed by atoms with E-state index >= 15 is 0 Å². The largest absolute Gasteiger partial charge is 0.485 e. The third kappa shape index (κ3) is 4.15. The molecule has 1 atom stereocenters. The van der Waals surface area contributed by atoms with Gasteiger partial charge in [0.25, 0.3) is 0 Å². The molecule has 1 heterocycles. The molecule has 28 heavy (non-hydrogen) atoms. The summed E-state index contributed by atoms with van der Waals surface area (Å²) in [7, 11) is 0. The number of benzene rings is 3. The molecule has 0 fully saturated rings. The number of nitrogens with zero attached hydrogens (tertiary/aromatic N) is 1. The quantitative estimate of drug-likeness (QED) is 0.451. The number of nitrogens with one attached hydrogen (secondary N) is 1. The first kappa shape index (κ1) is 18.1. The van der Waals surface area contributed by atoms with Crippen molar-refractivity contribution in [2.75, 3.05) is 5.32 Å². The van der Waals surface area contributed by atoms with E-state index < -0.39 is 6.09 Å². The third-order valence-electron chi connectivity index (χ3n) is 4.33. The van der Waals surface area contributed by atoms with Gasteiger partial charge in [0, 0.05) is 22.7 Å².